The highest BCUT2D eigenvalue weighted by molar-refractivity contribution is 7.80. The maximum absolute atomic E-state index is 9.22. The van der Waals surface area contributed by atoms with Crippen molar-refractivity contribution in [1.29, 1.82) is 0 Å². The molecule has 168 valence electrons. The average Bonchev–Trinajstić information content (AvgIpc) is 3.28. The van der Waals surface area contributed by atoms with Gasteiger partial charge in [0.2, 0.25) is 10.4 Å². The van der Waals surface area contributed by atoms with E-state index in [4.69, 9.17) is 5.11 Å². The molecule has 0 radical (unpaired) electrons. The van der Waals surface area contributed by atoms with Crippen LogP contribution in [0.1, 0.15) is 11.8 Å². The van der Waals surface area contributed by atoms with E-state index in [0.717, 1.165) is 41.1 Å². The number of aryl methyl sites for hydroxylation is 3. The first-order chi connectivity index (χ1) is 15.2. The molecule has 0 aliphatic rings. The van der Waals surface area contributed by atoms with Crippen molar-refractivity contribution < 1.29 is 21.7 Å². The second kappa shape index (κ2) is 10.1. The quantitative estimate of drug-likeness (QED) is 0.176. The van der Waals surface area contributed by atoms with Crippen molar-refractivity contribution >= 4 is 43.5 Å². The molecule has 2 aromatic heterocycles. The summed E-state index contributed by atoms with van der Waals surface area (Å²) < 4.78 is 35.4. The summed E-state index contributed by atoms with van der Waals surface area (Å²) in [6, 6.07) is 18.9. The number of fused-ring (bicyclic) bond motifs is 1. The van der Waals surface area contributed by atoms with E-state index >= 15 is 0 Å². The zero-order valence-electron chi connectivity index (χ0n) is 18.2. The van der Waals surface area contributed by atoms with Gasteiger partial charge in [-0.05, 0) is 36.4 Å². The zero-order chi connectivity index (χ0) is 23.3. The first-order valence-corrected chi connectivity index (χ1v) is 12.0. The molecule has 32 heavy (non-hydrogen) atoms. The van der Waals surface area contributed by atoms with E-state index in [-0.39, 0.29) is 0 Å². The van der Waals surface area contributed by atoms with Crippen LogP contribution in [0.25, 0.3) is 22.2 Å². The number of hydrogen-bond donors (Lipinski definition) is 0. The molecule has 2 heterocycles. The lowest BCUT2D eigenvalue weighted by Gasteiger charge is -2.08. The summed E-state index contributed by atoms with van der Waals surface area (Å²) in [5.41, 5.74) is 4.40. The van der Waals surface area contributed by atoms with Crippen LogP contribution < -0.4 is 4.57 Å². The van der Waals surface area contributed by atoms with Crippen LogP contribution in [0.5, 0.6) is 0 Å². The molecule has 8 nitrogen and oxygen atoms in total. The molecule has 4 rings (SSSR count). The van der Waals surface area contributed by atoms with Gasteiger partial charge in [-0.15, -0.1) is 0 Å². The Bertz CT molecular complexity index is 1340. The minimum atomic E-state index is -4.41. The van der Waals surface area contributed by atoms with E-state index in [2.05, 4.69) is 82.4 Å². The summed E-state index contributed by atoms with van der Waals surface area (Å²) in [5, 5.41) is 11.3. The predicted octanol–water partition coefficient (Wildman–Crippen LogP) is 5.03. The van der Waals surface area contributed by atoms with Gasteiger partial charge in [0, 0.05) is 22.4 Å². The molecule has 0 atom stereocenters. The summed E-state index contributed by atoms with van der Waals surface area (Å²) in [7, 11) is -1.60. The number of azo groups is 1. The van der Waals surface area contributed by atoms with E-state index in [1.165, 1.54) is 10.4 Å². The Kier molecular flexibility index (Phi) is 7.52. The Balaban J connectivity index is 0.000000427. The minimum Gasteiger partial charge on any atom is -0.726 e. The number of aromatic nitrogens is 2. The van der Waals surface area contributed by atoms with E-state index in [1.54, 1.807) is 11.3 Å². The van der Waals surface area contributed by atoms with Gasteiger partial charge in [0.1, 0.15) is 11.9 Å². The number of nitrogens with zero attached hydrogens (tertiary/aromatic N) is 4. The molecular weight excluding hydrogens is 448 g/mol. The Morgan fingerprint density at radius 2 is 1.72 bits per heavy atom. The molecule has 0 aliphatic heterocycles. The van der Waals surface area contributed by atoms with Crippen molar-refractivity contribution in [3.8, 4) is 11.3 Å². The Hall–Kier alpha value is -2.92. The van der Waals surface area contributed by atoms with Gasteiger partial charge in [-0.3, -0.25) is 4.18 Å². The molecule has 0 aliphatic carbocycles. The molecule has 2 aromatic carbocycles. The van der Waals surface area contributed by atoms with Crippen LogP contribution in [-0.2, 0) is 28.2 Å². The van der Waals surface area contributed by atoms with Crippen molar-refractivity contribution in [2.75, 3.05) is 7.11 Å². The van der Waals surface area contributed by atoms with Gasteiger partial charge >= 0.3 is 5.13 Å². The van der Waals surface area contributed by atoms with E-state index in [9.17, 15) is 13.0 Å². The number of rotatable bonds is 5. The Morgan fingerprint density at radius 3 is 2.28 bits per heavy atom. The molecular formula is C22H24N4O4S2. The maximum atomic E-state index is 9.22. The molecule has 0 saturated carbocycles. The van der Waals surface area contributed by atoms with Gasteiger partial charge in [-0.25, -0.2) is 13.0 Å². The zero-order valence-corrected chi connectivity index (χ0v) is 19.9. The third kappa shape index (κ3) is 5.46. The van der Waals surface area contributed by atoms with Gasteiger partial charge in [-0.1, -0.05) is 48.5 Å². The SMILES string of the molecule is CCn1c(-c2ccccc2)c(N=Nc2sc(C)c[n+]2C)c2ccccc21.COS(=O)(=O)[O-]. The second-order valence-corrected chi connectivity index (χ2v) is 9.20. The van der Waals surface area contributed by atoms with Crippen molar-refractivity contribution in [1.82, 2.24) is 4.57 Å². The molecule has 0 fully saturated rings. The number of hydrogen-bond acceptors (Lipinski definition) is 7. The third-order valence-electron chi connectivity index (χ3n) is 4.68. The molecule has 10 heteroatoms. The fourth-order valence-corrected chi connectivity index (χ4v) is 4.13. The van der Waals surface area contributed by atoms with Gasteiger partial charge in [0.05, 0.1) is 30.5 Å². The van der Waals surface area contributed by atoms with Gasteiger partial charge < -0.3 is 9.12 Å². The lowest BCUT2D eigenvalue weighted by atomic mass is 10.1. The van der Waals surface area contributed by atoms with Crippen molar-refractivity contribution in [2.45, 2.75) is 20.4 Å². The molecule has 0 bridgehead atoms. The van der Waals surface area contributed by atoms with Crippen LogP contribution in [0.3, 0.4) is 0 Å². The van der Waals surface area contributed by atoms with Gasteiger partial charge in [0.15, 0.2) is 0 Å². The molecule has 0 N–H and O–H groups in total. The van der Waals surface area contributed by atoms with Crippen LogP contribution in [-0.4, -0.2) is 24.6 Å². The first-order valence-electron chi connectivity index (χ1n) is 9.81. The van der Waals surface area contributed by atoms with E-state index in [0.29, 0.717) is 0 Å². The fraction of sp³-hybridized carbons (Fsp3) is 0.227. The number of benzene rings is 2. The summed E-state index contributed by atoms with van der Waals surface area (Å²) in [6.07, 6.45) is 2.08. The highest BCUT2D eigenvalue weighted by Gasteiger charge is 2.20. The molecule has 0 amide bonds. The molecule has 0 saturated heterocycles. The second-order valence-electron chi connectivity index (χ2n) is 6.83. The molecule has 0 spiro atoms. The predicted molar refractivity (Wildman–Crippen MR) is 124 cm³/mol. The van der Waals surface area contributed by atoms with Crippen LogP contribution in [0.2, 0.25) is 0 Å². The number of para-hydroxylation sites is 1. The highest BCUT2D eigenvalue weighted by Crippen LogP contribution is 2.41. The van der Waals surface area contributed by atoms with Crippen LogP contribution in [0.15, 0.2) is 71.0 Å². The fourth-order valence-electron chi connectivity index (χ4n) is 3.36. The van der Waals surface area contributed by atoms with E-state index < -0.39 is 10.4 Å². The van der Waals surface area contributed by atoms with Crippen molar-refractivity contribution in [3.63, 3.8) is 0 Å². The normalized spacial score (nSPS) is 11.7. The highest BCUT2D eigenvalue weighted by atomic mass is 32.3. The Morgan fingerprint density at radius 1 is 1.09 bits per heavy atom. The molecule has 0 unspecified atom stereocenters. The molecule has 4 aromatic rings. The average molecular weight is 473 g/mol. The van der Waals surface area contributed by atoms with Gasteiger partial charge in [0.25, 0.3) is 0 Å². The van der Waals surface area contributed by atoms with Crippen molar-refractivity contribution in [2.24, 2.45) is 17.3 Å². The smallest absolute Gasteiger partial charge is 0.408 e. The van der Waals surface area contributed by atoms with Crippen LogP contribution in [0.4, 0.5) is 10.8 Å². The summed E-state index contributed by atoms with van der Waals surface area (Å²) in [6.45, 7) is 5.14. The van der Waals surface area contributed by atoms with Crippen LogP contribution >= 0.6 is 11.3 Å². The first kappa shape index (κ1) is 23.7. The van der Waals surface area contributed by atoms with Crippen LogP contribution in [0, 0.1) is 6.92 Å². The minimum absolute atomic E-state index is 0.808. The largest absolute Gasteiger partial charge is 0.726 e. The lowest BCUT2D eigenvalue weighted by molar-refractivity contribution is -0.654. The monoisotopic (exact) mass is 472 g/mol. The van der Waals surface area contributed by atoms with Gasteiger partial charge in [-0.2, -0.15) is 0 Å². The summed E-state index contributed by atoms with van der Waals surface area (Å²) >= 11 is 1.65. The summed E-state index contributed by atoms with van der Waals surface area (Å²) in [5.74, 6) is 0. The lowest BCUT2D eigenvalue weighted by Crippen LogP contribution is -2.23. The topological polar surface area (TPSA) is 100.0 Å². The summed E-state index contributed by atoms with van der Waals surface area (Å²) in [4.78, 5) is 1.22. The van der Waals surface area contributed by atoms with E-state index in [1.807, 2.05) is 17.7 Å². The maximum Gasteiger partial charge on any atom is 0.408 e. The standard InChI is InChI=1S/C21H21N4S.CH4O4S/c1-4-25-18-13-9-8-12-17(18)19(20(25)16-10-6-5-7-11-16)22-23-21-24(3)14-15(2)26-21;1-5-6(2,3)4/h5-14H,4H2,1-3H3;1H3,(H,2,3,4)/q+1;/p-1. The number of thiazole rings is 1. The third-order valence-corrected chi connectivity index (χ3v) is 6.06. The van der Waals surface area contributed by atoms with Crippen molar-refractivity contribution in [3.05, 3.63) is 65.7 Å². The Labute approximate surface area is 191 Å².